The highest BCUT2D eigenvalue weighted by Gasteiger charge is 2.22. The first kappa shape index (κ1) is 17.8. The molecule has 0 heterocycles. The van der Waals surface area contributed by atoms with Gasteiger partial charge >= 0.3 is 0 Å². The van der Waals surface area contributed by atoms with Crippen LogP contribution in [0.25, 0.3) is 0 Å². The molecule has 2 nitrogen and oxygen atoms in total. The molecule has 0 radical (unpaired) electrons. The highest BCUT2D eigenvalue weighted by Crippen LogP contribution is 2.30. The number of nitrogens with zero attached hydrogens (tertiary/aromatic N) is 1. The lowest BCUT2D eigenvalue weighted by Gasteiger charge is -2.34. The van der Waals surface area contributed by atoms with Crippen LogP contribution in [0.4, 0.5) is 0 Å². The molecule has 1 unspecified atom stereocenters. The third kappa shape index (κ3) is 5.25. The monoisotopic (exact) mass is 316 g/mol. The molecule has 0 saturated heterocycles. The molecule has 0 saturated carbocycles. The van der Waals surface area contributed by atoms with Crippen LogP contribution in [-0.2, 0) is 0 Å². The van der Waals surface area contributed by atoms with E-state index in [9.17, 15) is 0 Å². The Morgan fingerprint density at radius 3 is 2.00 bits per heavy atom. The molecule has 1 rings (SSSR count). The quantitative estimate of drug-likeness (QED) is 0.796. The van der Waals surface area contributed by atoms with E-state index in [2.05, 4.69) is 32.6 Å². The van der Waals surface area contributed by atoms with E-state index < -0.39 is 0 Å². The number of hydrogen-bond donors (Lipinski definition) is 1. The Labute approximate surface area is 133 Å². The molecule has 1 aromatic rings. The lowest BCUT2D eigenvalue weighted by molar-refractivity contribution is 0.160. The SMILES string of the molecule is CC(C)CN(CC(C)C)C(CN)c1ccc(Cl)cc1Cl. The first-order valence-electron chi connectivity index (χ1n) is 7.24. The number of benzene rings is 1. The van der Waals surface area contributed by atoms with E-state index >= 15 is 0 Å². The largest absolute Gasteiger partial charge is 0.329 e. The van der Waals surface area contributed by atoms with Crippen molar-refractivity contribution in [1.29, 1.82) is 0 Å². The Balaban J connectivity index is 3.04. The van der Waals surface area contributed by atoms with E-state index in [0.717, 1.165) is 18.7 Å². The summed E-state index contributed by atoms with van der Waals surface area (Å²) in [5.41, 5.74) is 7.10. The lowest BCUT2D eigenvalue weighted by Crippen LogP contribution is -2.38. The Kier molecular flexibility index (Phi) is 7.32. The highest BCUT2D eigenvalue weighted by molar-refractivity contribution is 6.35. The van der Waals surface area contributed by atoms with E-state index in [1.807, 2.05) is 12.1 Å². The number of hydrogen-bond acceptors (Lipinski definition) is 2. The third-order valence-electron chi connectivity index (χ3n) is 3.18. The van der Waals surface area contributed by atoms with Gasteiger partial charge in [0.15, 0.2) is 0 Å². The van der Waals surface area contributed by atoms with Gasteiger partial charge in [-0.05, 0) is 29.5 Å². The first-order chi connectivity index (χ1) is 9.35. The molecule has 4 heteroatoms. The fraction of sp³-hybridized carbons (Fsp3) is 0.625. The zero-order valence-electron chi connectivity index (χ0n) is 12.9. The van der Waals surface area contributed by atoms with Crippen LogP contribution in [0.3, 0.4) is 0 Å². The zero-order valence-corrected chi connectivity index (χ0v) is 14.4. The van der Waals surface area contributed by atoms with Gasteiger partial charge in [-0.25, -0.2) is 0 Å². The average molecular weight is 317 g/mol. The molecule has 1 aromatic carbocycles. The Morgan fingerprint density at radius 2 is 1.60 bits per heavy atom. The van der Waals surface area contributed by atoms with Crippen molar-refractivity contribution in [3.63, 3.8) is 0 Å². The van der Waals surface area contributed by atoms with Gasteiger partial charge in [-0.15, -0.1) is 0 Å². The van der Waals surface area contributed by atoms with Crippen molar-refractivity contribution in [2.75, 3.05) is 19.6 Å². The van der Waals surface area contributed by atoms with Gasteiger partial charge in [-0.3, -0.25) is 4.90 Å². The third-order valence-corrected chi connectivity index (χ3v) is 3.75. The van der Waals surface area contributed by atoms with E-state index in [0.29, 0.717) is 28.4 Å². The van der Waals surface area contributed by atoms with Crippen molar-refractivity contribution in [2.24, 2.45) is 17.6 Å². The highest BCUT2D eigenvalue weighted by atomic mass is 35.5. The topological polar surface area (TPSA) is 29.3 Å². The summed E-state index contributed by atoms with van der Waals surface area (Å²) in [6, 6.07) is 5.82. The Morgan fingerprint density at radius 1 is 1.05 bits per heavy atom. The van der Waals surface area contributed by atoms with Crippen LogP contribution < -0.4 is 5.73 Å². The molecule has 0 aliphatic carbocycles. The van der Waals surface area contributed by atoms with Crippen molar-refractivity contribution in [2.45, 2.75) is 33.7 Å². The second-order valence-corrected chi connectivity index (χ2v) is 7.00. The summed E-state index contributed by atoms with van der Waals surface area (Å²) in [6.45, 7) is 11.5. The number of rotatable bonds is 7. The summed E-state index contributed by atoms with van der Waals surface area (Å²) in [4.78, 5) is 2.43. The molecule has 0 bridgehead atoms. The molecule has 0 aliphatic rings. The average Bonchev–Trinajstić information content (AvgIpc) is 2.31. The maximum absolute atomic E-state index is 6.35. The molecular formula is C16H26Cl2N2. The number of halogens is 2. The predicted octanol–water partition coefficient (Wildman–Crippen LogP) is 4.61. The maximum atomic E-state index is 6.35. The molecule has 1 atom stereocenters. The van der Waals surface area contributed by atoms with Gasteiger partial charge < -0.3 is 5.73 Å². The summed E-state index contributed by atoms with van der Waals surface area (Å²) in [7, 11) is 0. The van der Waals surface area contributed by atoms with Crippen LogP contribution in [0.2, 0.25) is 10.0 Å². The zero-order chi connectivity index (χ0) is 15.3. The van der Waals surface area contributed by atoms with Crippen molar-refractivity contribution >= 4 is 23.2 Å². The summed E-state index contributed by atoms with van der Waals surface area (Å²) in [5, 5.41) is 1.36. The van der Waals surface area contributed by atoms with Gasteiger partial charge in [0.05, 0.1) is 0 Å². The van der Waals surface area contributed by atoms with Gasteiger partial charge in [0.1, 0.15) is 0 Å². The predicted molar refractivity (Wildman–Crippen MR) is 89.5 cm³/mol. The Bertz CT molecular complexity index is 409. The van der Waals surface area contributed by atoms with E-state index in [1.165, 1.54) is 0 Å². The fourth-order valence-electron chi connectivity index (χ4n) is 2.51. The summed E-state index contributed by atoms with van der Waals surface area (Å²) in [5.74, 6) is 1.18. The molecule has 0 spiro atoms. The minimum absolute atomic E-state index is 0.143. The van der Waals surface area contributed by atoms with Crippen LogP contribution >= 0.6 is 23.2 Å². The second kappa shape index (κ2) is 8.23. The minimum Gasteiger partial charge on any atom is -0.329 e. The van der Waals surface area contributed by atoms with Crippen LogP contribution in [-0.4, -0.2) is 24.5 Å². The second-order valence-electron chi connectivity index (χ2n) is 6.16. The molecule has 0 aliphatic heterocycles. The van der Waals surface area contributed by atoms with Crippen molar-refractivity contribution in [3.8, 4) is 0 Å². The molecule has 114 valence electrons. The summed E-state index contributed by atoms with van der Waals surface area (Å²) >= 11 is 12.3. The van der Waals surface area contributed by atoms with Gasteiger partial charge in [-0.2, -0.15) is 0 Å². The molecule has 0 amide bonds. The maximum Gasteiger partial charge on any atom is 0.0485 e. The Hall–Kier alpha value is -0.280. The molecule has 0 fully saturated rings. The molecule has 0 aromatic heterocycles. The van der Waals surface area contributed by atoms with Crippen LogP contribution in [0.1, 0.15) is 39.3 Å². The molecular weight excluding hydrogens is 291 g/mol. The van der Waals surface area contributed by atoms with Gasteiger partial charge in [0.2, 0.25) is 0 Å². The normalized spacial score (nSPS) is 13.5. The minimum atomic E-state index is 0.143. The van der Waals surface area contributed by atoms with Crippen molar-refractivity contribution in [1.82, 2.24) is 4.90 Å². The van der Waals surface area contributed by atoms with Gasteiger partial charge in [0.25, 0.3) is 0 Å². The van der Waals surface area contributed by atoms with E-state index in [-0.39, 0.29) is 6.04 Å². The van der Waals surface area contributed by atoms with Gasteiger partial charge in [0, 0.05) is 35.7 Å². The summed E-state index contributed by atoms with van der Waals surface area (Å²) in [6.07, 6.45) is 0. The fourth-order valence-corrected chi connectivity index (χ4v) is 3.05. The van der Waals surface area contributed by atoms with Crippen molar-refractivity contribution < 1.29 is 0 Å². The number of nitrogens with two attached hydrogens (primary N) is 1. The lowest BCUT2D eigenvalue weighted by atomic mass is 10.0. The smallest absolute Gasteiger partial charge is 0.0485 e. The summed E-state index contributed by atoms with van der Waals surface area (Å²) < 4.78 is 0. The van der Waals surface area contributed by atoms with E-state index in [4.69, 9.17) is 28.9 Å². The first-order valence-corrected chi connectivity index (χ1v) is 7.99. The van der Waals surface area contributed by atoms with Crippen LogP contribution in [0.15, 0.2) is 18.2 Å². The molecule has 2 N–H and O–H groups in total. The van der Waals surface area contributed by atoms with Crippen LogP contribution in [0, 0.1) is 11.8 Å². The van der Waals surface area contributed by atoms with Crippen LogP contribution in [0.5, 0.6) is 0 Å². The van der Waals surface area contributed by atoms with E-state index in [1.54, 1.807) is 6.07 Å². The van der Waals surface area contributed by atoms with Gasteiger partial charge in [-0.1, -0.05) is 57.0 Å². The standard InChI is InChI=1S/C16H26Cl2N2/c1-11(2)9-20(10-12(3)4)16(8-19)14-6-5-13(17)7-15(14)18/h5-7,11-12,16H,8-10,19H2,1-4H3. The molecule has 20 heavy (non-hydrogen) atoms. The van der Waals surface area contributed by atoms with Crippen molar-refractivity contribution in [3.05, 3.63) is 33.8 Å².